The molecule has 0 radical (unpaired) electrons. The smallest absolute Gasteiger partial charge is 0.0637 e. The van der Waals surface area contributed by atoms with Crippen LogP contribution in [0.3, 0.4) is 0 Å². The minimum Gasteiger partial charge on any atom is -0.296 e. The van der Waals surface area contributed by atoms with Gasteiger partial charge in [-0.25, -0.2) is 0 Å². The molecular formula is C11H15N. The summed E-state index contributed by atoms with van der Waals surface area (Å²) in [7, 11) is 0. The van der Waals surface area contributed by atoms with Crippen molar-refractivity contribution >= 4 is 6.72 Å². The molecule has 0 N–H and O–H groups in total. The van der Waals surface area contributed by atoms with Gasteiger partial charge in [-0.2, -0.15) is 0 Å². The first-order valence-electron chi connectivity index (χ1n) is 4.14. The van der Waals surface area contributed by atoms with Crippen LogP contribution < -0.4 is 0 Å². The fraction of sp³-hybridized carbons (Fsp3) is 0.364. The molecule has 1 heteroatoms. The van der Waals surface area contributed by atoms with Gasteiger partial charge < -0.3 is 0 Å². The van der Waals surface area contributed by atoms with Gasteiger partial charge in [-0.05, 0) is 44.2 Å². The summed E-state index contributed by atoms with van der Waals surface area (Å²) >= 11 is 0. The summed E-state index contributed by atoms with van der Waals surface area (Å²) in [6.45, 7) is 10.6. The van der Waals surface area contributed by atoms with Crippen LogP contribution in [0.4, 0.5) is 0 Å². The molecule has 0 saturated heterocycles. The van der Waals surface area contributed by atoms with Gasteiger partial charge in [-0.3, -0.25) is 4.99 Å². The summed E-state index contributed by atoms with van der Waals surface area (Å²) in [5.74, 6) is 0. The van der Waals surface area contributed by atoms with Gasteiger partial charge in [0.25, 0.3) is 0 Å². The quantitative estimate of drug-likeness (QED) is 0.591. The van der Waals surface area contributed by atoms with Gasteiger partial charge in [0.05, 0.1) is 6.54 Å². The minimum atomic E-state index is 0.734. The predicted octanol–water partition coefficient (Wildman–Crippen LogP) is 2.81. The normalized spacial score (nSPS) is 9.92. The van der Waals surface area contributed by atoms with E-state index < -0.39 is 0 Å². The van der Waals surface area contributed by atoms with Crippen LogP contribution in [0.25, 0.3) is 0 Å². The number of benzene rings is 1. The van der Waals surface area contributed by atoms with Gasteiger partial charge in [0.1, 0.15) is 0 Å². The van der Waals surface area contributed by atoms with E-state index in [9.17, 15) is 0 Å². The van der Waals surface area contributed by atoms with Crippen molar-refractivity contribution < 1.29 is 0 Å². The standard InChI is InChI=1S/C11H15N/c1-8-5-9(2)11(7-12-4)10(3)6-8/h5-6H,4,7H2,1-3H3. The Labute approximate surface area is 74.2 Å². The monoisotopic (exact) mass is 161 g/mol. The molecule has 0 atom stereocenters. The highest BCUT2D eigenvalue weighted by atomic mass is 14.7. The molecule has 64 valence electrons. The molecule has 1 aromatic rings. The van der Waals surface area contributed by atoms with Gasteiger partial charge in [0.2, 0.25) is 0 Å². The second kappa shape index (κ2) is 3.53. The summed E-state index contributed by atoms with van der Waals surface area (Å²) < 4.78 is 0. The van der Waals surface area contributed by atoms with Gasteiger partial charge in [0, 0.05) is 0 Å². The van der Waals surface area contributed by atoms with Crippen LogP contribution in [0, 0.1) is 20.8 Å². The van der Waals surface area contributed by atoms with Gasteiger partial charge >= 0.3 is 0 Å². The van der Waals surface area contributed by atoms with Gasteiger partial charge in [0.15, 0.2) is 0 Å². The maximum Gasteiger partial charge on any atom is 0.0637 e. The molecule has 0 aliphatic heterocycles. The Balaban J connectivity index is 3.18. The van der Waals surface area contributed by atoms with Crippen LogP contribution in [0.1, 0.15) is 22.3 Å². The van der Waals surface area contributed by atoms with Crippen LogP contribution in [-0.4, -0.2) is 6.72 Å². The molecule has 0 aliphatic carbocycles. The van der Waals surface area contributed by atoms with Crippen LogP contribution in [0.2, 0.25) is 0 Å². The molecule has 0 saturated carbocycles. The molecule has 0 aromatic heterocycles. The molecule has 0 spiro atoms. The lowest BCUT2D eigenvalue weighted by molar-refractivity contribution is 1.03. The highest BCUT2D eigenvalue weighted by Gasteiger charge is 2.01. The number of rotatable bonds is 2. The van der Waals surface area contributed by atoms with E-state index in [-0.39, 0.29) is 0 Å². The third-order valence-electron chi connectivity index (χ3n) is 2.11. The average molecular weight is 161 g/mol. The number of hydrogen-bond acceptors (Lipinski definition) is 1. The number of nitrogens with zero attached hydrogens (tertiary/aromatic N) is 1. The zero-order valence-corrected chi connectivity index (χ0v) is 8.02. The van der Waals surface area contributed by atoms with E-state index in [1.165, 1.54) is 22.3 Å². The van der Waals surface area contributed by atoms with E-state index in [1.54, 1.807) is 0 Å². The Morgan fingerprint density at radius 2 is 1.67 bits per heavy atom. The van der Waals surface area contributed by atoms with E-state index in [0.717, 1.165) is 6.54 Å². The lowest BCUT2D eigenvalue weighted by atomic mass is 10.0. The molecule has 0 aliphatic rings. The Hall–Kier alpha value is -1.11. The molecule has 12 heavy (non-hydrogen) atoms. The highest BCUT2D eigenvalue weighted by molar-refractivity contribution is 5.38. The van der Waals surface area contributed by atoms with E-state index in [1.807, 2.05) is 0 Å². The zero-order chi connectivity index (χ0) is 9.14. The Morgan fingerprint density at radius 3 is 2.08 bits per heavy atom. The fourth-order valence-electron chi connectivity index (χ4n) is 1.57. The summed E-state index contributed by atoms with van der Waals surface area (Å²) in [6, 6.07) is 4.38. The van der Waals surface area contributed by atoms with Gasteiger partial charge in [-0.1, -0.05) is 17.7 Å². The Kier molecular flexibility index (Phi) is 2.64. The summed E-state index contributed by atoms with van der Waals surface area (Å²) in [5, 5.41) is 0. The fourth-order valence-corrected chi connectivity index (χ4v) is 1.57. The van der Waals surface area contributed by atoms with Crippen molar-refractivity contribution in [2.24, 2.45) is 4.99 Å². The number of aliphatic imine (C=N–C) groups is 1. The molecule has 0 amide bonds. The van der Waals surface area contributed by atoms with Crippen LogP contribution >= 0.6 is 0 Å². The highest BCUT2D eigenvalue weighted by Crippen LogP contribution is 2.16. The Bertz CT molecular complexity index is 277. The number of aryl methyl sites for hydroxylation is 3. The van der Waals surface area contributed by atoms with Crippen molar-refractivity contribution in [3.05, 3.63) is 34.4 Å². The Morgan fingerprint density at radius 1 is 1.17 bits per heavy atom. The molecular weight excluding hydrogens is 146 g/mol. The molecule has 0 fully saturated rings. The van der Waals surface area contributed by atoms with Gasteiger partial charge in [-0.15, -0.1) is 0 Å². The van der Waals surface area contributed by atoms with E-state index in [2.05, 4.69) is 44.6 Å². The second-order valence-electron chi connectivity index (χ2n) is 3.26. The maximum atomic E-state index is 3.91. The average Bonchev–Trinajstić information content (AvgIpc) is 1.96. The SMILES string of the molecule is C=NCc1c(C)cc(C)cc1C. The molecule has 1 nitrogen and oxygen atoms in total. The largest absolute Gasteiger partial charge is 0.296 e. The molecule has 1 rings (SSSR count). The van der Waals surface area contributed by atoms with E-state index >= 15 is 0 Å². The van der Waals surface area contributed by atoms with Crippen LogP contribution in [0.5, 0.6) is 0 Å². The van der Waals surface area contributed by atoms with Crippen LogP contribution in [-0.2, 0) is 6.54 Å². The third kappa shape index (κ3) is 1.73. The third-order valence-corrected chi connectivity index (χ3v) is 2.11. The zero-order valence-electron chi connectivity index (χ0n) is 8.02. The summed E-state index contributed by atoms with van der Waals surface area (Å²) in [6.07, 6.45) is 0. The lowest BCUT2D eigenvalue weighted by Crippen LogP contribution is -1.92. The van der Waals surface area contributed by atoms with Crippen LogP contribution in [0.15, 0.2) is 17.1 Å². The van der Waals surface area contributed by atoms with Crippen molar-refractivity contribution in [1.82, 2.24) is 0 Å². The lowest BCUT2D eigenvalue weighted by Gasteiger charge is -2.08. The van der Waals surface area contributed by atoms with E-state index in [4.69, 9.17) is 0 Å². The minimum absolute atomic E-state index is 0.734. The molecule has 0 bridgehead atoms. The predicted molar refractivity (Wildman–Crippen MR) is 53.9 cm³/mol. The second-order valence-corrected chi connectivity index (χ2v) is 3.26. The molecule has 1 aromatic carbocycles. The van der Waals surface area contributed by atoms with E-state index in [0.29, 0.717) is 0 Å². The number of hydrogen-bond donors (Lipinski definition) is 0. The first-order chi connectivity index (χ1) is 5.65. The summed E-state index contributed by atoms with van der Waals surface area (Å²) in [5.41, 5.74) is 5.27. The van der Waals surface area contributed by atoms with Crippen molar-refractivity contribution in [3.8, 4) is 0 Å². The van der Waals surface area contributed by atoms with Crippen molar-refractivity contribution in [2.45, 2.75) is 27.3 Å². The van der Waals surface area contributed by atoms with Crippen molar-refractivity contribution in [2.75, 3.05) is 0 Å². The first-order valence-corrected chi connectivity index (χ1v) is 4.14. The summed E-state index contributed by atoms with van der Waals surface area (Å²) in [4.78, 5) is 3.91. The van der Waals surface area contributed by atoms with Crippen molar-refractivity contribution in [3.63, 3.8) is 0 Å². The maximum absolute atomic E-state index is 3.91. The molecule has 0 unspecified atom stereocenters. The first kappa shape index (κ1) is 8.98. The topological polar surface area (TPSA) is 12.4 Å². The van der Waals surface area contributed by atoms with Crippen molar-refractivity contribution in [1.29, 1.82) is 0 Å². The molecule has 0 heterocycles.